The topological polar surface area (TPSA) is 25.9 Å². The lowest BCUT2D eigenvalue weighted by Crippen LogP contribution is -2.15. The predicted octanol–water partition coefficient (Wildman–Crippen LogP) is 12.5. The van der Waals surface area contributed by atoms with Crippen LogP contribution in [0.1, 0.15) is 27.0 Å². The molecule has 4 aromatic heterocycles. The first kappa shape index (κ1) is 27.7. The molecule has 0 N–H and O–H groups in total. The van der Waals surface area contributed by atoms with Gasteiger partial charge in [-0.25, -0.2) is 0 Å². The van der Waals surface area contributed by atoms with Gasteiger partial charge in [-0.15, -0.1) is 0 Å². The Kier molecular flexibility index (Phi) is 5.06. The number of ketones is 1. The van der Waals surface area contributed by atoms with Crippen LogP contribution in [0.4, 0.5) is 0 Å². The Balaban J connectivity index is 0.927. The Labute approximate surface area is 303 Å². The van der Waals surface area contributed by atoms with Gasteiger partial charge in [0.25, 0.3) is 0 Å². The SMILES string of the molecule is O=C1c2cc(-c3ccc4c5cccc6c7ccccc7n(c4c3)c65)ccc2Cc2ccc(-c3ccc4c5cccc6c7ccccc7n(c4c3)c65)cc21. The van der Waals surface area contributed by atoms with Crippen LogP contribution < -0.4 is 0 Å². The van der Waals surface area contributed by atoms with Gasteiger partial charge in [0.05, 0.1) is 33.1 Å². The van der Waals surface area contributed by atoms with Crippen LogP contribution in [0.15, 0.2) is 158 Å². The van der Waals surface area contributed by atoms with E-state index in [4.69, 9.17) is 0 Å². The molecule has 3 heteroatoms. The maximum Gasteiger partial charge on any atom is 0.193 e. The van der Waals surface area contributed by atoms with Crippen molar-refractivity contribution in [2.75, 3.05) is 0 Å². The van der Waals surface area contributed by atoms with Crippen LogP contribution in [-0.4, -0.2) is 14.6 Å². The monoisotopic (exact) mass is 672 g/mol. The van der Waals surface area contributed by atoms with E-state index in [1.54, 1.807) is 0 Å². The molecule has 1 aliphatic carbocycles. The highest BCUT2D eigenvalue weighted by molar-refractivity contribution is 6.25. The highest BCUT2D eigenvalue weighted by Crippen LogP contribution is 2.42. The fourth-order valence-electron chi connectivity index (χ4n) is 9.81. The van der Waals surface area contributed by atoms with E-state index in [2.05, 4.69) is 167 Å². The van der Waals surface area contributed by atoms with Gasteiger partial charge in [-0.1, -0.05) is 121 Å². The van der Waals surface area contributed by atoms with Crippen molar-refractivity contribution in [2.45, 2.75) is 6.42 Å². The minimum Gasteiger partial charge on any atom is -0.308 e. The van der Waals surface area contributed by atoms with Crippen molar-refractivity contribution >= 4 is 82.0 Å². The van der Waals surface area contributed by atoms with Crippen LogP contribution in [0.3, 0.4) is 0 Å². The molecule has 12 aromatic rings. The zero-order valence-electron chi connectivity index (χ0n) is 28.5. The van der Waals surface area contributed by atoms with E-state index in [0.717, 1.165) is 50.9 Å². The average molecular weight is 673 g/mol. The molecular formula is C50H28N2O. The minimum atomic E-state index is 0.100. The molecule has 1 aliphatic rings. The van der Waals surface area contributed by atoms with Gasteiger partial charge in [-0.3, -0.25) is 4.79 Å². The molecular weight excluding hydrogens is 645 g/mol. The molecule has 244 valence electrons. The number of carbonyl (C=O) groups excluding carboxylic acids is 1. The Morgan fingerprint density at radius 2 is 0.717 bits per heavy atom. The molecule has 53 heavy (non-hydrogen) atoms. The summed E-state index contributed by atoms with van der Waals surface area (Å²) in [5.74, 6) is 0.100. The third kappa shape index (κ3) is 3.47. The Morgan fingerprint density at radius 3 is 1.19 bits per heavy atom. The molecule has 0 atom stereocenters. The molecule has 0 bridgehead atoms. The lowest BCUT2D eigenvalue weighted by molar-refractivity contribution is 0.103. The second-order valence-electron chi connectivity index (χ2n) is 14.8. The first-order valence-electron chi connectivity index (χ1n) is 18.3. The fourth-order valence-corrected chi connectivity index (χ4v) is 9.81. The zero-order valence-corrected chi connectivity index (χ0v) is 28.5. The summed E-state index contributed by atoms with van der Waals surface area (Å²) in [6.07, 6.45) is 0.747. The van der Waals surface area contributed by atoms with Gasteiger partial charge < -0.3 is 8.80 Å². The lowest BCUT2D eigenvalue weighted by atomic mass is 9.82. The summed E-state index contributed by atoms with van der Waals surface area (Å²) >= 11 is 0. The van der Waals surface area contributed by atoms with E-state index in [9.17, 15) is 4.79 Å². The molecule has 0 spiro atoms. The molecule has 3 nitrogen and oxygen atoms in total. The number of rotatable bonds is 2. The quantitative estimate of drug-likeness (QED) is 0.179. The highest BCUT2D eigenvalue weighted by atomic mass is 16.1. The Hall–Kier alpha value is -6.97. The van der Waals surface area contributed by atoms with Crippen LogP contribution in [0, 0.1) is 0 Å². The molecule has 0 unspecified atom stereocenters. The number of hydrogen-bond acceptors (Lipinski definition) is 1. The molecule has 0 amide bonds. The van der Waals surface area contributed by atoms with Gasteiger partial charge in [0.15, 0.2) is 5.78 Å². The Morgan fingerprint density at radius 1 is 0.340 bits per heavy atom. The van der Waals surface area contributed by atoms with Crippen molar-refractivity contribution in [3.8, 4) is 22.3 Å². The number of hydrogen-bond donors (Lipinski definition) is 0. The van der Waals surface area contributed by atoms with E-state index >= 15 is 0 Å². The molecule has 0 fully saturated rings. The lowest BCUT2D eigenvalue weighted by Gasteiger charge is -2.20. The van der Waals surface area contributed by atoms with E-state index in [1.165, 1.54) is 76.2 Å². The molecule has 0 aliphatic heterocycles. The smallest absolute Gasteiger partial charge is 0.193 e. The number of benzene rings is 8. The van der Waals surface area contributed by atoms with Gasteiger partial charge in [-0.2, -0.15) is 0 Å². The summed E-state index contributed by atoms with van der Waals surface area (Å²) in [7, 11) is 0. The van der Waals surface area contributed by atoms with Crippen LogP contribution in [0.25, 0.3) is 98.4 Å². The average Bonchev–Trinajstić information content (AvgIpc) is 3.94. The number of aromatic nitrogens is 2. The number of para-hydroxylation sites is 4. The minimum absolute atomic E-state index is 0.100. The summed E-state index contributed by atoms with van der Waals surface area (Å²) < 4.78 is 4.83. The second kappa shape index (κ2) is 9.67. The summed E-state index contributed by atoms with van der Waals surface area (Å²) in [4.78, 5) is 14.4. The van der Waals surface area contributed by atoms with Crippen LogP contribution in [0.5, 0.6) is 0 Å². The fraction of sp³-hybridized carbons (Fsp3) is 0.0200. The summed E-state index contributed by atoms with van der Waals surface area (Å²) in [6, 6.07) is 57.0. The van der Waals surface area contributed by atoms with Gasteiger partial charge in [-0.05, 0) is 76.2 Å². The molecule has 0 saturated heterocycles. The first-order valence-corrected chi connectivity index (χ1v) is 18.3. The highest BCUT2D eigenvalue weighted by Gasteiger charge is 2.25. The predicted molar refractivity (Wildman–Crippen MR) is 219 cm³/mol. The van der Waals surface area contributed by atoms with Crippen molar-refractivity contribution in [3.63, 3.8) is 0 Å². The summed E-state index contributed by atoms with van der Waals surface area (Å²) in [5, 5.41) is 10.2. The van der Waals surface area contributed by atoms with E-state index < -0.39 is 0 Å². The van der Waals surface area contributed by atoms with E-state index in [1.807, 2.05) is 0 Å². The van der Waals surface area contributed by atoms with E-state index in [0.29, 0.717) is 0 Å². The van der Waals surface area contributed by atoms with Crippen molar-refractivity contribution in [2.24, 2.45) is 0 Å². The van der Waals surface area contributed by atoms with Crippen molar-refractivity contribution in [1.82, 2.24) is 8.80 Å². The van der Waals surface area contributed by atoms with Gasteiger partial charge in [0.2, 0.25) is 0 Å². The maximum atomic E-state index is 14.4. The van der Waals surface area contributed by atoms with E-state index in [-0.39, 0.29) is 5.78 Å². The number of nitrogens with zero attached hydrogens (tertiary/aromatic N) is 2. The largest absolute Gasteiger partial charge is 0.308 e. The van der Waals surface area contributed by atoms with Gasteiger partial charge >= 0.3 is 0 Å². The van der Waals surface area contributed by atoms with Crippen molar-refractivity contribution in [1.29, 1.82) is 0 Å². The third-order valence-corrected chi connectivity index (χ3v) is 12.2. The van der Waals surface area contributed by atoms with Crippen LogP contribution >= 0.6 is 0 Å². The normalized spacial score (nSPS) is 13.2. The molecule has 4 heterocycles. The molecule has 0 radical (unpaired) electrons. The third-order valence-electron chi connectivity index (χ3n) is 12.2. The number of carbonyl (C=O) groups is 1. The van der Waals surface area contributed by atoms with Crippen molar-refractivity contribution in [3.05, 3.63) is 180 Å². The zero-order chi connectivity index (χ0) is 34.5. The second-order valence-corrected chi connectivity index (χ2v) is 14.8. The summed E-state index contributed by atoms with van der Waals surface area (Å²) in [6.45, 7) is 0. The standard InChI is InChI=1S/C50H28N2O/c53-50-42-24-28(30-19-21-36-40-11-5-9-38-34-7-1-3-13-44(34)51(48(38)40)46(36)26-30)15-17-32(42)23-33-18-16-29(25-43(33)50)31-20-22-37-41-12-6-10-39-35-8-2-4-14-45(35)52(49(39)41)47(37)27-31/h1-22,24-27H,23H2. The van der Waals surface area contributed by atoms with Crippen LogP contribution in [0.2, 0.25) is 0 Å². The molecule has 8 aromatic carbocycles. The van der Waals surface area contributed by atoms with Gasteiger partial charge in [0, 0.05) is 54.2 Å². The first-order chi connectivity index (χ1) is 26.2. The van der Waals surface area contributed by atoms with Crippen molar-refractivity contribution < 1.29 is 4.79 Å². The Bertz CT molecular complexity index is 3330. The summed E-state index contributed by atoms with van der Waals surface area (Å²) in [5.41, 5.74) is 15.5. The molecule has 13 rings (SSSR count). The maximum absolute atomic E-state index is 14.4. The van der Waals surface area contributed by atoms with Crippen LogP contribution in [-0.2, 0) is 6.42 Å². The number of fused-ring (bicyclic) bond motifs is 14. The molecule has 0 saturated carbocycles. The van der Waals surface area contributed by atoms with Gasteiger partial charge in [0.1, 0.15) is 0 Å².